The number of aromatic nitrogens is 4. The maximum Gasteiger partial charge on any atom is 0.269 e. The quantitative estimate of drug-likeness (QED) is 0.270. The molecule has 0 radical (unpaired) electrons. The number of nitrogens with one attached hydrogen (secondary N) is 5. The number of carbonyl (C=O) groups excluding carboxylic acids is 1. The number of hydrogen-bond acceptors (Lipinski definition) is 10. The Morgan fingerprint density at radius 2 is 1.91 bits per heavy atom. The lowest BCUT2D eigenvalue weighted by molar-refractivity contribution is -0.117. The van der Waals surface area contributed by atoms with Gasteiger partial charge in [-0.25, -0.2) is 19.9 Å². The van der Waals surface area contributed by atoms with E-state index >= 15 is 0 Å². The van der Waals surface area contributed by atoms with Gasteiger partial charge >= 0.3 is 0 Å². The van der Waals surface area contributed by atoms with Crippen molar-refractivity contribution in [3.8, 4) is 0 Å². The van der Waals surface area contributed by atoms with Crippen LogP contribution in [0.1, 0.15) is 30.1 Å². The average molecular weight is 467 g/mol. The summed E-state index contributed by atoms with van der Waals surface area (Å²) in [6.07, 6.45) is 8.79. The number of amides is 1. The lowest BCUT2D eigenvalue weighted by atomic mass is 10.2. The Morgan fingerprint density at radius 1 is 1.18 bits per heavy atom. The fourth-order valence-electron chi connectivity index (χ4n) is 3.28. The summed E-state index contributed by atoms with van der Waals surface area (Å²) in [6, 6.07) is 0. The first-order chi connectivity index (χ1) is 16.4. The minimum absolute atomic E-state index is 0.201. The van der Waals surface area contributed by atoms with E-state index in [0.29, 0.717) is 53.3 Å². The van der Waals surface area contributed by atoms with E-state index in [9.17, 15) is 4.79 Å². The van der Waals surface area contributed by atoms with Crippen molar-refractivity contribution < 1.29 is 4.79 Å². The molecule has 2 heterocycles. The molecule has 0 bridgehead atoms. The van der Waals surface area contributed by atoms with Gasteiger partial charge < -0.3 is 31.5 Å². The molecule has 1 aliphatic carbocycles. The number of anilines is 2. The van der Waals surface area contributed by atoms with Crippen molar-refractivity contribution in [1.29, 1.82) is 0 Å². The molecular weight excluding hydrogens is 432 g/mol. The summed E-state index contributed by atoms with van der Waals surface area (Å²) in [5, 5.41) is 15.6. The van der Waals surface area contributed by atoms with E-state index in [1.54, 1.807) is 25.6 Å². The second-order valence-electron chi connectivity index (χ2n) is 8.32. The van der Waals surface area contributed by atoms with Crippen molar-refractivity contribution in [2.24, 2.45) is 0 Å². The zero-order valence-electron chi connectivity index (χ0n) is 20.3. The minimum atomic E-state index is -0.201. The minimum Gasteiger partial charge on any atom is -0.382 e. The molecule has 0 aromatic carbocycles. The highest BCUT2D eigenvalue weighted by molar-refractivity contribution is 5.94. The van der Waals surface area contributed by atoms with E-state index in [2.05, 4.69) is 48.1 Å². The number of hydrogen-bond donors (Lipinski definition) is 5. The Bertz CT molecular complexity index is 1020. The Morgan fingerprint density at radius 3 is 2.53 bits per heavy atom. The van der Waals surface area contributed by atoms with Gasteiger partial charge in [0.1, 0.15) is 17.7 Å². The molecule has 182 valence electrons. The van der Waals surface area contributed by atoms with E-state index in [1.165, 1.54) is 6.33 Å². The number of carbonyl (C=O) groups is 1. The first-order valence-corrected chi connectivity index (χ1v) is 11.3. The maximum atomic E-state index is 12.8. The average Bonchev–Trinajstić information content (AvgIpc) is 3.66. The van der Waals surface area contributed by atoms with Gasteiger partial charge in [-0.2, -0.15) is 0 Å². The molecule has 11 heteroatoms. The molecule has 0 atom stereocenters. The van der Waals surface area contributed by atoms with Crippen LogP contribution in [0, 0.1) is 0 Å². The fourth-order valence-corrected chi connectivity index (χ4v) is 3.28. The topological polar surface area (TPSA) is 132 Å². The molecule has 5 N–H and O–H groups in total. The van der Waals surface area contributed by atoms with Crippen LogP contribution in [0.15, 0.2) is 42.9 Å². The third-order valence-corrected chi connectivity index (χ3v) is 5.17. The van der Waals surface area contributed by atoms with Crippen molar-refractivity contribution >= 4 is 23.1 Å². The van der Waals surface area contributed by atoms with Crippen LogP contribution in [0.25, 0.3) is 5.70 Å². The lowest BCUT2D eigenvalue weighted by Gasteiger charge is -2.20. The van der Waals surface area contributed by atoms with E-state index in [-0.39, 0.29) is 5.91 Å². The number of nitrogens with zero attached hydrogens (tertiary/aromatic N) is 5. The highest BCUT2D eigenvalue weighted by Gasteiger charge is 2.27. The van der Waals surface area contributed by atoms with Crippen molar-refractivity contribution in [2.75, 3.05) is 53.1 Å². The summed E-state index contributed by atoms with van der Waals surface area (Å²) in [5.41, 5.74) is 3.78. The monoisotopic (exact) mass is 466 g/mol. The molecule has 0 aliphatic heterocycles. The van der Waals surface area contributed by atoms with Gasteiger partial charge in [-0.05, 0) is 34.0 Å². The molecule has 34 heavy (non-hydrogen) atoms. The second kappa shape index (κ2) is 12.1. The highest BCUT2D eigenvalue weighted by atomic mass is 16.2. The smallest absolute Gasteiger partial charge is 0.269 e. The summed E-state index contributed by atoms with van der Waals surface area (Å²) in [4.78, 5) is 32.4. The van der Waals surface area contributed by atoms with Crippen LogP contribution in [0.5, 0.6) is 0 Å². The maximum absolute atomic E-state index is 12.8. The van der Waals surface area contributed by atoms with Crippen molar-refractivity contribution in [1.82, 2.24) is 46.1 Å². The molecule has 1 amide bonds. The van der Waals surface area contributed by atoms with Crippen LogP contribution in [0.4, 0.5) is 11.5 Å². The molecule has 0 saturated heterocycles. The molecule has 0 spiro atoms. The van der Waals surface area contributed by atoms with Crippen molar-refractivity contribution in [2.45, 2.75) is 18.8 Å². The van der Waals surface area contributed by atoms with E-state index in [4.69, 9.17) is 4.98 Å². The highest BCUT2D eigenvalue weighted by Crippen LogP contribution is 2.39. The third kappa shape index (κ3) is 6.96. The normalized spacial score (nSPS) is 13.8. The zero-order chi connectivity index (χ0) is 24.5. The van der Waals surface area contributed by atoms with Gasteiger partial charge in [-0.3, -0.25) is 4.79 Å². The van der Waals surface area contributed by atoms with Crippen LogP contribution >= 0.6 is 0 Å². The molecule has 1 fully saturated rings. The Kier molecular flexibility index (Phi) is 8.88. The van der Waals surface area contributed by atoms with Crippen LogP contribution in [-0.2, 0) is 4.79 Å². The molecule has 3 rings (SSSR count). The zero-order valence-corrected chi connectivity index (χ0v) is 20.3. The van der Waals surface area contributed by atoms with Gasteiger partial charge in [0, 0.05) is 32.6 Å². The molecule has 11 nitrogen and oxygen atoms in total. The fraction of sp³-hybridized carbons (Fsp3) is 0.435. The Balaban J connectivity index is 1.87. The van der Waals surface area contributed by atoms with Gasteiger partial charge in [0.05, 0.1) is 41.4 Å². The Hall–Kier alpha value is -3.57. The van der Waals surface area contributed by atoms with Crippen LogP contribution in [-0.4, -0.2) is 78.6 Å². The summed E-state index contributed by atoms with van der Waals surface area (Å²) in [7, 11) is 7.46. The molecule has 2 aromatic heterocycles. The van der Waals surface area contributed by atoms with Crippen molar-refractivity contribution in [3.05, 3.63) is 54.3 Å². The van der Waals surface area contributed by atoms with Crippen LogP contribution in [0.2, 0.25) is 0 Å². The van der Waals surface area contributed by atoms with E-state index in [0.717, 1.165) is 25.1 Å². The first-order valence-electron chi connectivity index (χ1n) is 11.3. The molecular formula is C23H34N10O. The SMILES string of the molecule is C=C(NC(CNC)=C(NC)C(=O)NCCN(C)C)c1nc(C2CC2)cnc1Nc1cncnc1. The molecule has 1 aliphatic rings. The summed E-state index contributed by atoms with van der Waals surface area (Å²) in [5.74, 6) is 0.755. The first kappa shape index (κ1) is 25.1. The largest absolute Gasteiger partial charge is 0.382 e. The van der Waals surface area contributed by atoms with E-state index in [1.807, 2.05) is 26.0 Å². The third-order valence-electron chi connectivity index (χ3n) is 5.17. The summed E-state index contributed by atoms with van der Waals surface area (Å²) >= 11 is 0. The van der Waals surface area contributed by atoms with Gasteiger partial charge in [-0.1, -0.05) is 6.58 Å². The number of likely N-dealkylation sites (N-methyl/N-ethyl adjacent to an activating group) is 3. The molecule has 0 unspecified atom stereocenters. The standard InChI is InChI=1S/C23H34N10O/c1-15(30-19(12-24-2)21(25-3)23(34)28-8-9-33(4)5)20-22(31-17-10-26-14-27-11-17)29-13-18(32-20)16-6-7-16/h10-11,13-14,16,24-25,30H,1,6-9,12H2,2-5H3,(H,28,34)(H,29,31). The van der Waals surface area contributed by atoms with Gasteiger partial charge in [0.15, 0.2) is 5.82 Å². The van der Waals surface area contributed by atoms with Crippen molar-refractivity contribution in [3.63, 3.8) is 0 Å². The predicted octanol–water partition coefficient (Wildman–Crippen LogP) is 0.776. The summed E-state index contributed by atoms with van der Waals surface area (Å²) in [6.45, 7) is 5.91. The predicted molar refractivity (Wildman–Crippen MR) is 133 cm³/mol. The lowest BCUT2D eigenvalue weighted by Crippen LogP contribution is -2.38. The second-order valence-corrected chi connectivity index (χ2v) is 8.32. The Labute approximate surface area is 200 Å². The van der Waals surface area contributed by atoms with Gasteiger partial charge in [0.25, 0.3) is 5.91 Å². The molecule has 1 saturated carbocycles. The molecule has 2 aromatic rings. The van der Waals surface area contributed by atoms with Crippen LogP contribution in [0.3, 0.4) is 0 Å². The van der Waals surface area contributed by atoms with Gasteiger partial charge in [0.2, 0.25) is 0 Å². The van der Waals surface area contributed by atoms with Crippen LogP contribution < -0.4 is 26.6 Å². The summed E-state index contributed by atoms with van der Waals surface area (Å²) < 4.78 is 0. The van der Waals surface area contributed by atoms with E-state index < -0.39 is 0 Å². The number of rotatable bonds is 13. The van der Waals surface area contributed by atoms with Gasteiger partial charge in [-0.15, -0.1) is 0 Å².